The quantitative estimate of drug-likeness (QED) is 0.641. The Labute approximate surface area is 125 Å². The number of ketones is 1. The molecule has 0 bridgehead atoms. The van der Waals surface area contributed by atoms with Crippen molar-refractivity contribution in [2.75, 3.05) is 12.4 Å². The molecule has 108 valence electrons. The lowest BCUT2D eigenvalue weighted by atomic mass is 10.1. The van der Waals surface area contributed by atoms with E-state index in [-0.39, 0.29) is 5.78 Å². The van der Waals surface area contributed by atoms with Gasteiger partial charge in [0.05, 0.1) is 12.8 Å². The molecule has 0 heterocycles. The number of hydrogen-bond donors (Lipinski definition) is 1. The van der Waals surface area contributed by atoms with Crippen LogP contribution in [0.15, 0.2) is 60.8 Å². The summed E-state index contributed by atoms with van der Waals surface area (Å²) in [6, 6.07) is 15.2. The molecule has 0 aliphatic carbocycles. The number of anilines is 1. The van der Waals surface area contributed by atoms with Crippen LogP contribution in [-0.2, 0) is 6.42 Å². The van der Waals surface area contributed by atoms with Crippen molar-refractivity contribution in [3.8, 4) is 5.75 Å². The lowest BCUT2D eigenvalue weighted by Crippen LogP contribution is -1.97. The third-order valence-electron chi connectivity index (χ3n) is 3.23. The summed E-state index contributed by atoms with van der Waals surface area (Å²) in [4.78, 5) is 12.0. The first-order chi connectivity index (χ1) is 10.2. The molecular formula is C18H19NO2. The molecule has 0 unspecified atom stereocenters. The third-order valence-corrected chi connectivity index (χ3v) is 3.23. The second kappa shape index (κ2) is 7.29. The predicted octanol–water partition coefficient (Wildman–Crippen LogP) is 4.07. The van der Waals surface area contributed by atoms with Crippen molar-refractivity contribution in [2.24, 2.45) is 0 Å². The highest BCUT2D eigenvalue weighted by Gasteiger charge is 2.02. The zero-order chi connectivity index (χ0) is 15.1. The summed E-state index contributed by atoms with van der Waals surface area (Å²) in [7, 11) is 1.62. The fourth-order valence-corrected chi connectivity index (χ4v) is 1.97. The van der Waals surface area contributed by atoms with E-state index in [4.69, 9.17) is 4.74 Å². The van der Waals surface area contributed by atoms with Crippen LogP contribution in [0.4, 0.5) is 5.69 Å². The van der Waals surface area contributed by atoms with Crippen LogP contribution in [0.25, 0.3) is 0 Å². The number of para-hydroxylation sites is 2. The number of benzene rings is 2. The molecule has 2 aromatic rings. The monoisotopic (exact) mass is 281 g/mol. The topological polar surface area (TPSA) is 38.3 Å². The van der Waals surface area contributed by atoms with Crippen LogP contribution in [0.1, 0.15) is 22.8 Å². The Morgan fingerprint density at radius 3 is 2.52 bits per heavy atom. The highest BCUT2D eigenvalue weighted by Crippen LogP contribution is 2.22. The van der Waals surface area contributed by atoms with Gasteiger partial charge in [-0.25, -0.2) is 0 Å². The van der Waals surface area contributed by atoms with Crippen molar-refractivity contribution >= 4 is 11.5 Å². The van der Waals surface area contributed by atoms with Crippen LogP contribution in [-0.4, -0.2) is 12.9 Å². The molecular weight excluding hydrogens is 262 g/mol. The zero-order valence-electron chi connectivity index (χ0n) is 12.3. The molecule has 0 saturated carbocycles. The first kappa shape index (κ1) is 14.9. The number of rotatable bonds is 6. The highest BCUT2D eigenvalue weighted by molar-refractivity contribution is 6.04. The summed E-state index contributed by atoms with van der Waals surface area (Å²) < 4.78 is 5.23. The summed E-state index contributed by atoms with van der Waals surface area (Å²) >= 11 is 0. The Kier molecular flexibility index (Phi) is 5.16. The maximum atomic E-state index is 12.0. The maximum Gasteiger partial charge on any atom is 0.187 e. The molecule has 0 saturated heterocycles. The molecule has 0 radical (unpaired) electrons. The van der Waals surface area contributed by atoms with Gasteiger partial charge < -0.3 is 10.1 Å². The smallest absolute Gasteiger partial charge is 0.187 e. The Balaban J connectivity index is 2.01. The lowest BCUT2D eigenvalue weighted by molar-refractivity contribution is 0.104. The Morgan fingerprint density at radius 1 is 1.14 bits per heavy atom. The van der Waals surface area contributed by atoms with Crippen LogP contribution in [0.3, 0.4) is 0 Å². The minimum Gasteiger partial charge on any atom is -0.495 e. The number of hydrogen-bond acceptors (Lipinski definition) is 3. The number of nitrogens with one attached hydrogen (secondary N) is 1. The van der Waals surface area contributed by atoms with Crippen LogP contribution in [0.2, 0.25) is 0 Å². The van der Waals surface area contributed by atoms with E-state index in [2.05, 4.69) is 12.2 Å². The maximum absolute atomic E-state index is 12.0. The largest absolute Gasteiger partial charge is 0.495 e. The molecule has 2 aromatic carbocycles. The molecule has 1 N–H and O–H groups in total. The van der Waals surface area contributed by atoms with E-state index < -0.39 is 0 Å². The normalized spacial score (nSPS) is 10.6. The molecule has 3 heteroatoms. The molecule has 0 amide bonds. The van der Waals surface area contributed by atoms with Gasteiger partial charge in [0.25, 0.3) is 0 Å². The summed E-state index contributed by atoms with van der Waals surface area (Å²) in [5.41, 5.74) is 2.73. The van der Waals surface area contributed by atoms with E-state index in [0.717, 1.165) is 17.9 Å². The van der Waals surface area contributed by atoms with Crippen LogP contribution in [0.5, 0.6) is 5.75 Å². The van der Waals surface area contributed by atoms with Crippen molar-refractivity contribution < 1.29 is 9.53 Å². The molecule has 0 aromatic heterocycles. The summed E-state index contributed by atoms with van der Waals surface area (Å²) in [6.07, 6.45) is 4.13. The van der Waals surface area contributed by atoms with E-state index in [0.29, 0.717) is 5.56 Å². The molecule has 0 aliphatic rings. The van der Waals surface area contributed by atoms with E-state index in [1.807, 2.05) is 48.5 Å². The first-order valence-corrected chi connectivity index (χ1v) is 6.94. The van der Waals surface area contributed by atoms with E-state index in [1.54, 1.807) is 13.3 Å². The number of carbonyl (C=O) groups is 1. The van der Waals surface area contributed by atoms with Gasteiger partial charge >= 0.3 is 0 Å². The number of allylic oxidation sites excluding steroid dienone is 1. The SMILES string of the molecule is CCc1ccc(C(=O)/C=C/Nc2ccccc2OC)cc1. The number of ether oxygens (including phenoxy) is 1. The number of aryl methyl sites for hydroxylation is 1. The molecule has 3 nitrogen and oxygen atoms in total. The van der Waals surface area contributed by atoms with Gasteiger partial charge in [-0.3, -0.25) is 4.79 Å². The van der Waals surface area contributed by atoms with Gasteiger partial charge in [0.2, 0.25) is 0 Å². The summed E-state index contributed by atoms with van der Waals surface area (Å²) in [5, 5.41) is 3.06. The average molecular weight is 281 g/mol. The molecule has 0 atom stereocenters. The van der Waals surface area contributed by atoms with Crippen molar-refractivity contribution in [3.63, 3.8) is 0 Å². The van der Waals surface area contributed by atoms with Crippen molar-refractivity contribution in [1.29, 1.82) is 0 Å². The lowest BCUT2D eigenvalue weighted by Gasteiger charge is -2.06. The third kappa shape index (κ3) is 3.96. The van der Waals surface area contributed by atoms with Gasteiger partial charge in [-0.05, 0) is 24.1 Å². The molecule has 0 spiro atoms. The van der Waals surface area contributed by atoms with Gasteiger partial charge in [0, 0.05) is 17.8 Å². The van der Waals surface area contributed by atoms with E-state index in [9.17, 15) is 4.79 Å². The number of carbonyl (C=O) groups excluding carboxylic acids is 1. The minimum absolute atomic E-state index is 0.0277. The van der Waals surface area contributed by atoms with Crippen LogP contribution in [0, 0.1) is 0 Å². The predicted molar refractivity (Wildman–Crippen MR) is 85.9 cm³/mol. The molecule has 0 aliphatic heterocycles. The Bertz CT molecular complexity index is 630. The van der Waals surface area contributed by atoms with E-state index >= 15 is 0 Å². The second-order valence-electron chi connectivity index (χ2n) is 4.59. The summed E-state index contributed by atoms with van der Waals surface area (Å²) in [5.74, 6) is 0.710. The van der Waals surface area contributed by atoms with Gasteiger partial charge in [-0.2, -0.15) is 0 Å². The van der Waals surface area contributed by atoms with Crippen molar-refractivity contribution in [2.45, 2.75) is 13.3 Å². The van der Waals surface area contributed by atoms with Gasteiger partial charge in [-0.1, -0.05) is 43.3 Å². The molecule has 2 rings (SSSR count). The van der Waals surface area contributed by atoms with Crippen molar-refractivity contribution in [3.05, 3.63) is 71.9 Å². The van der Waals surface area contributed by atoms with Gasteiger partial charge in [-0.15, -0.1) is 0 Å². The molecule has 21 heavy (non-hydrogen) atoms. The first-order valence-electron chi connectivity index (χ1n) is 6.94. The summed E-state index contributed by atoms with van der Waals surface area (Å²) in [6.45, 7) is 2.09. The zero-order valence-corrected chi connectivity index (χ0v) is 12.3. The van der Waals surface area contributed by atoms with Crippen LogP contribution < -0.4 is 10.1 Å². The molecule has 0 fully saturated rings. The fraction of sp³-hybridized carbons (Fsp3) is 0.167. The Morgan fingerprint density at radius 2 is 1.86 bits per heavy atom. The second-order valence-corrected chi connectivity index (χ2v) is 4.59. The van der Waals surface area contributed by atoms with Gasteiger partial charge in [0.15, 0.2) is 5.78 Å². The highest BCUT2D eigenvalue weighted by atomic mass is 16.5. The standard InChI is InChI=1S/C18H19NO2/c1-3-14-8-10-15(11-9-14)17(20)12-13-19-16-6-4-5-7-18(16)21-2/h4-13,19H,3H2,1-2H3/b13-12+. The Hall–Kier alpha value is -2.55. The fourth-order valence-electron chi connectivity index (χ4n) is 1.97. The van der Waals surface area contributed by atoms with Gasteiger partial charge in [0.1, 0.15) is 5.75 Å². The average Bonchev–Trinajstić information content (AvgIpc) is 2.55. The van der Waals surface area contributed by atoms with E-state index in [1.165, 1.54) is 11.6 Å². The van der Waals surface area contributed by atoms with Crippen LogP contribution >= 0.6 is 0 Å². The van der Waals surface area contributed by atoms with Crippen molar-refractivity contribution in [1.82, 2.24) is 0 Å². The number of methoxy groups -OCH3 is 1. The minimum atomic E-state index is -0.0277.